The number of hydrogen-bond acceptors (Lipinski definition) is 3. The molecule has 1 aromatic rings. The van der Waals surface area contributed by atoms with Crippen molar-refractivity contribution in [2.75, 3.05) is 11.9 Å². The van der Waals surface area contributed by atoms with E-state index in [9.17, 15) is 13.2 Å². The minimum atomic E-state index is -4.69. The third-order valence-electron chi connectivity index (χ3n) is 2.57. The van der Waals surface area contributed by atoms with E-state index in [-0.39, 0.29) is 10.2 Å². The van der Waals surface area contributed by atoms with Gasteiger partial charge in [0.25, 0.3) is 0 Å². The molecule has 0 spiro atoms. The summed E-state index contributed by atoms with van der Waals surface area (Å²) < 4.78 is 40.5. The third kappa shape index (κ3) is 4.41. The minimum absolute atomic E-state index is 0.242. The third-order valence-corrected chi connectivity index (χ3v) is 3.19. The summed E-state index contributed by atoms with van der Waals surface area (Å²) in [6.07, 6.45) is -1.68. The first-order valence-electron chi connectivity index (χ1n) is 5.80. The standard InChI is InChI=1S/C12H12BrF3N2O/c13-9-7-8(18-11-3-1-2-6-17-11)4-5-10(9)19-12(14,15)16/h4-5,7H,1-3,6H2,(H,17,18). The molecule has 7 heteroatoms. The molecule has 1 N–H and O–H groups in total. The van der Waals surface area contributed by atoms with Gasteiger partial charge in [0, 0.05) is 18.7 Å². The minimum Gasteiger partial charge on any atom is -0.405 e. The fourth-order valence-electron chi connectivity index (χ4n) is 1.75. The molecule has 0 aromatic heterocycles. The van der Waals surface area contributed by atoms with E-state index >= 15 is 0 Å². The topological polar surface area (TPSA) is 33.6 Å². The van der Waals surface area contributed by atoms with E-state index < -0.39 is 6.36 Å². The zero-order valence-electron chi connectivity index (χ0n) is 9.93. The van der Waals surface area contributed by atoms with E-state index in [0.717, 1.165) is 31.6 Å². The summed E-state index contributed by atoms with van der Waals surface area (Å²) >= 11 is 3.06. The average molecular weight is 337 g/mol. The van der Waals surface area contributed by atoms with Crippen LogP contribution in [0.2, 0.25) is 0 Å². The highest BCUT2D eigenvalue weighted by Gasteiger charge is 2.31. The number of nitrogens with zero attached hydrogens (tertiary/aromatic N) is 1. The largest absolute Gasteiger partial charge is 0.573 e. The molecule has 1 aromatic carbocycles. The Morgan fingerprint density at radius 2 is 2.05 bits per heavy atom. The van der Waals surface area contributed by atoms with Crippen molar-refractivity contribution < 1.29 is 17.9 Å². The van der Waals surface area contributed by atoms with Gasteiger partial charge in [0.05, 0.1) is 4.47 Å². The van der Waals surface area contributed by atoms with Crippen LogP contribution >= 0.6 is 15.9 Å². The SMILES string of the molecule is FC(F)(F)Oc1ccc(NC2=NCCCC2)cc1Br. The summed E-state index contributed by atoms with van der Waals surface area (Å²) in [6, 6.07) is 4.34. The lowest BCUT2D eigenvalue weighted by Gasteiger charge is -2.15. The van der Waals surface area contributed by atoms with Crippen LogP contribution in [0.4, 0.5) is 18.9 Å². The molecule has 1 aliphatic rings. The van der Waals surface area contributed by atoms with Gasteiger partial charge in [-0.25, -0.2) is 0 Å². The van der Waals surface area contributed by atoms with Crippen LogP contribution in [0, 0.1) is 0 Å². The zero-order chi connectivity index (χ0) is 13.9. The number of benzene rings is 1. The lowest BCUT2D eigenvalue weighted by molar-refractivity contribution is -0.274. The van der Waals surface area contributed by atoms with Gasteiger partial charge in [-0.1, -0.05) is 0 Å². The first-order valence-corrected chi connectivity index (χ1v) is 6.59. The van der Waals surface area contributed by atoms with Gasteiger partial charge in [-0.3, -0.25) is 4.99 Å². The van der Waals surface area contributed by atoms with Crippen LogP contribution in [0.3, 0.4) is 0 Å². The van der Waals surface area contributed by atoms with Crippen LogP contribution in [-0.4, -0.2) is 18.7 Å². The molecule has 2 rings (SSSR count). The molecule has 1 aliphatic heterocycles. The normalized spacial score (nSPS) is 15.9. The quantitative estimate of drug-likeness (QED) is 0.871. The number of anilines is 1. The van der Waals surface area contributed by atoms with Crippen molar-refractivity contribution in [1.82, 2.24) is 0 Å². The van der Waals surface area contributed by atoms with Crippen LogP contribution < -0.4 is 10.1 Å². The molecule has 3 nitrogen and oxygen atoms in total. The van der Waals surface area contributed by atoms with Gasteiger partial charge in [0.15, 0.2) is 0 Å². The molecule has 0 unspecified atom stereocenters. The Hall–Kier alpha value is -1.24. The average Bonchev–Trinajstić information content (AvgIpc) is 2.33. The predicted octanol–water partition coefficient (Wildman–Crippen LogP) is 4.34. The van der Waals surface area contributed by atoms with E-state index in [4.69, 9.17) is 0 Å². The molecular weight excluding hydrogens is 325 g/mol. The zero-order valence-corrected chi connectivity index (χ0v) is 11.5. The van der Waals surface area contributed by atoms with Crippen LogP contribution in [0.5, 0.6) is 5.75 Å². The van der Waals surface area contributed by atoms with Crippen molar-refractivity contribution in [2.45, 2.75) is 25.6 Å². The van der Waals surface area contributed by atoms with Gasteiger partial charge >= 0.3 is 6.36 Å². The van der Waals surface area contributed by atoms with Gasteiger partial charge < -0.3 is 10.1 Å². The van der Waals surface area contributed by atoms with Crippen molar-refractivity contribution in [2.24, 2.45) is 4.99 Å². The predicted molar refractivity (Wildman–Crippen MR) is 70.6 cm³/mol. The van der Waals surface area contributed by atoms with Crippen LogP contribution in [0.15, 0.2) is 27.7 Å². The summed E-state index contributed by atoms with van der Waals surface area (Å²) in [5.41, 5.74) is 0.682. The summed E-state index contributed by atoms with van der Waals surface area (Å²) in [6.45, 7) is 0.790. The molecule has 19 heavy (non-hydrogen) atoms. The molecule has 0 amide bonds. The number of nitrogens with one attached hydrogen (secondary N) is 1. The lowest BCUT2D eigenvalue weighted by Crippen LogP contribution is -2.18. The molecule has 0 fully saturated rings. The summed E-state index contributed by atoms with van der Waals surface area (Å²) in [4.78, 5) is 4.32. The summed E-state index contributed by atoms with van der Waals surface area (Å²) in [7, 11) is 0. The molecule has 0 radical (unpaired) electrons. The number of aliphatic imine (C=N–C) groups is 1. The second-order valence-corrected chi connectivity index (χ2v) is 4.96. The number of halogens is 4. The van der Waals surface area contributed by atoms with Gasteiger partial charge in [-0.15, -0.1) is 13.2 Å². The Morgan fingerprint density at radius 1 is 1.26 bits per heavy atom. The Balaban J connectivity index is 2.08. The van der Waals surface area contributed by atoms with E-state index in [1.165, 1.54) is 18.2 Å². The first-order chi connectivity index (χ1) is 8.94. The maximum absolute atomic E-state index is 12.1. The number of amidine groups is 1. The second kappa shape index (κ2) is 5.81. The van der Waals surface area contributed by atoms with Crippen molar-refractivity contribution in [1.29, 1.82) is 0 Å². The van der Waals surface area contributed by atoms with Crippen molar-refractivity contribution in [3.63, 3.8) is 0 Å². The molecule has 104 valence electrons. The van der Waals surface area contributed by atoms with Gasteiger partial charge in [-0.2, -0.15) is 0 Å². The van der Waals surface area contributed by atoms with E-state index in [0.29, 0.717) is 5.69 Å². The van der Waals surface area contributed by atoms with Crippen LogP contribution in [-0.2, 0) is 0 Å². The van der Waals surface area contributed by atoms with Crippen LogP contribution in [0.1, 0.15) is 19.3 Å². The highest BCUT2D eigenvalue weighted by Crippen LogP contribution is 2.32. The maximum atomic E-state index is 12.1. The highest BCUT2D eigenvalue weighted by atomic mass is 79.9. The van der Waals surface area contributed by atoms with E-state index in [2.05, 4.69) is 31.0 Å². The molecule has 0 saturated heterocycles. The molecule has 0 atom stereocenters. The Bertz CT molecular complexity index is 488. The molecule has 0 aliphatic carbocycles. The maximum Gasteiger partial charge on any atom is 0.573 e. The number of alkyl halides is 3. The van der Waals surface area contributed by atoms with Crippen LogP contribution in [0.25, 0.3) is 0 Å². The Kier molecular flexibility index (Phi) is 4.34. The monoisotopic (exact) mass is 336 g/mol. The van der Waals surface area contributed by atoms with Gasteiger partial charge in [0.2, 0.25) is 0 Å². The molecule has 0 saturated carbocycles. The smallest absolute Gasteiger partial charge is 0.405 e. The van der Waals surface area contributed by atoms with E-state index in [1.807, 2.05) is 0 Å². The number of hydrogen-bond donors (Lipinski definition) is 1. The highest BCUT2D eigenvalue weighted by molar-refractivity contribution is 9.10. The van der Waals surface area contributed by atoms with Crippen molar-refractivity contribution >= 4 is 27.5 Å². The van der Waals surface area contributed by atoms with Crippen molar-refractivity contribution in [3.8, 4) is 5.75 Å². The van der Waals surface area contributed by atoms with Gasteiger partial charge in [0.1, 0.15) is 11.6 Å². The van der Waals surface area contributed by atoms with E-state index in [1.54, 1.807) is 0 Å². The summed E-state index contributed by atoms with van der Waals surface area (Å²) in [5.74, 6) is 0.603. The summed E-state index contributed by atoms with van der Waals surface area (Å²) in [5, 5.41) is 3.09. The number of ether oxygens (including phenoxy) is 1. The molecule has 0 bridgehead atoms. The molecule has 1 heterocycles. The van der Waals surface area contributed by atoms with Crippen molar-refractivity contribution in [3.05, 3.63) is 22.7 Å². The van der Waals surface area contributed by atoms with Gasteiger partial charge in [-0.05, 0) is 47.0 Å². The Labute approximate surface area is 117 Å². The second-order valence-electron chi connectivity index (χ2n) is 4.10. The fraction of sp³-hybridized carbons (Fsp3) is 0.417. The Morgan fingerprint density at radius 3 is 2.63 bits per heavy atom. The molecular formula is C12H12BrF3N2O. The first kappa shape index (κ1) is 14.2. The number of rotatable bonds is 2. The lowest BCUT2D eigenvalue weighted by atomic mass is 10.2. The fourth-order valence-corrected chi connectivity index (χ4v) is 2.21.